The molecule has 0 unspecified atom stereocenters. The first kappa shape index (κ1) is 21.6. The number of aryl methyl sites for hydroxylation is 2. The molecule has 158 valence electrons. The first-order valence-electron chi connectivity index (χ1n) is 9.61. The fourth-order valence-electron chi connectivity index (χ4n) is 3.00. The van der Waals surface area contributed by atoms with Gasteiger partial charge in [-0.25, -0.2) is 4.98 Å². The molecule has 3 rings (SSSR count). The minimum atomic E-state index is -0.510. The molecule has 1 aromatic carbocycles. The molecule has 3 amide bonds. The third-order valence-corrected chi connectivity index (χ3v) is 5.55. The van der Waals surface area contributed by atoms with Crippen LogP contribution in [0.3, 0.4) is 0 Å². The van der Waals surface area contributed by atoms with Crippen molar-refractivity contribution in [3.05, 3.63) is 45.4 Å². The van der Waals surface area contributed by atoms with Crippen LogP contribution in [-0.4, -0.2) is 40.1 Å². The number of nitrogens with one attached hydrogen (secondary N) is 1. The van der Waals surface area contributed by atoms with Crippen LogP contribution >= 0.6 is 11.3 Å². The fraction of sp³-hybridized carbons (Fsp3) is 0.381. The number of amides is 3. The predicted octanol–water partition coefficient (Wildman–Crippen LogP) is 2.52. The number of ether oxygens (including phenoxy) is 1. The lowest BCUT2D eigenvalue weighted by atomic mass is 10.1. The van der Waals surface area contributed by atoms with Gasteiger partial charge in [-0.05, 0) is 31.0 Å². The Morgan fingerprint density at radius 2 is 1.93 bits per heavy atom. The Hall–Kier alpha value is -3.07. The molecule has 1 N–H and O–H groups in total. The lowest BCUT2D eigenvalue weighted by molar-refractivity contribution is -0.146. The molecule has 0 bridgehead atoms. The highest BCUT2D eigenvalue weighted by Crippen LogP contribution is 2.18. The van der Waals surface area contributed by atoms with Gasteiger partial charge in [-0.3, -0.25) is 24.1 Å². The van der Waals surface area contributed by atoms with Gasteiger partial charge >= 0.3 is 5.97 Å². The summed E-state index contributed by atoms with van der Waals surface area (Å²) in [7, 11) is 0. The molecule has 1 aliphatic heterocycles. The third-order valence-electron chi connectivity index (χ3n) is 4.65. The molecular weight excluding hydrogens is 406 g/mol. The van der Waals surface area contributed by atoms with Crippen molar-refractivity contribution in [2.45, 2.75) is 46.1 Å². The van der Waals surface area contributed by atoms with E-state index >= 15 is 0 Å². The number of likely N-dealkylation sites (tertiary alicyclic amines) is 1. The van der Waals surface area contributed by atoms with E-state index in [0.717, 1.165) is 21.7 Å². The molecule has 0 saturated carbocycles. The lowest BCUT2D eigenvalue weighted by Crippen LogP contribution is -2.31. The number of hydrogen-bond acceptors (Lipinski definition) is 7. The number of carbonyl (C=O) groups is 4. The summed E-state index contributed by atoms with van der Waals surface area (Å²) in [5, 5.41) is 5.25. The average molecular weight is 429 g/mol. The molecule has 0 radical (unpaired) electrons. The van der Waals surface area contributed by atoms with Gasteiger partial charge in [0.25, 0.3) is 0 Å². The zero-order valence-corrected chi connectivity index (χ0v) is 17.7. The summed E-state index contributed by atoms with van der Waals surface area (Å²) in [5.41, 5.74) is 3.38. The van der Waals surface area contributed by atoms with Crippen molar-refractivity contribution >= 4 is 40.7 Å². The second kappa shape index (κ2) is 9.62. The van der Waals surface area contributed by atoms with Gasteiger partial charge in [-0.15, -0.1) is 11.3 Å². The smallest absolute Gasteiger partial charge is 0.307 e. The summed E-state index contributed by atoms with van der Waals surface area (Å²) in [6.07, 6.45) is 0.483. The molecule has 0 spiro atoms. The van der Waals surface area contributed by atoms with Crippen molar-refractivity contribution in [2.75, 3.05) is 11.9 Å². The molecule has 30 heavy (non-hydrogen) atoms. The van der Waals surface area contributed by atoms with Gasteiger partial charge in [-0.1, -0.05) is 12.1 Å². The Labute approximate surface area is 178 Å². The van der Waals surface area contributed by atoms with Crippen molar-refractivity contribution in [1.29, 1.82) is 0 Å². The largest absolute Gasteiger partial charge is 0.459 e. The van der Waals surface area contributed by atoms with Gasteiger partial charge in [0.1, 0.15) is 11.6 Å². The molecule has 2 aromatic rings. The van der Waals surface area contributed by atoms with E-state index in [1.807, 2.05) is 32.0 Å². The SMILES string of the molecule is Cc1ccc(C)c(NC(=O)Cc2nc(COC(=O)CCN3C(=O)CCC3=O)cs2)c1. The number of aromatic nitrogens is 1. The standard InChI is InChI=1S/C21H23N3O5S/c1-13-3-4-14(2)16(9-13)23-17(25)10-18-22-15(12-30-18)11-29-21(28)7-8-24-19(26)5-6-20(24)27/h3-4,9,12H,5-8,10-11H2,1-2H3,(H,23,25). The van der Waals surface area contributed by atoms with Crippen LogP contribution in [0.1, 0.15) is 41.1 Å². The van der Waals surface area contributed by atoms with E-state index in [1.165, 1.54) is 11.3 Å². The monoisotopic (exact) mass is 429 g/mol. The van der Waals surface area contributed by atoms with Crippen LogP contribution < -0.4 is 5.32 Å². The van der Waals surface area contributed by atoms with Crippen molar-refractivity contribution < 1.29 is 23.9 Å². The molecule has 0 aliphatic carbocycles. The quantitative estimate of drug-likeness (QED) is 0.511. The summed E-state index contributed by atoms with van der Waals surface area (Å²) in [4.78, 5) is 52.6. The number of imide groups is 1. The van der Waals surface area contributed by atoms with Crippen molar-refractivity contribution in [2.24, 2.45) is 0 Å². The van der Waals surface area contributed by atoms with Crippen LogP contribution in [0.4, 0.5) is 5.69 Å². The van der Waals surface area contributed by atoms with E-state index < -0.39 is 5.97 Å². The third kappa shape index (κ3) is 5.73. The second-order valence-electron chi connectivity index (χ2n) is 7.13. The second-order valence-corrected chi connectivity index (χ2v) is 8.07. The Bertz CT molecular complexity index is 969. The maximum Gasteiger partial charge on any atom is 0.307 e. The first-order chi connectivity index (χ1) is 14.3. The summed E-state index contributed by atoms with van der Waals surface area (Å²) >= 11 is 1.32. The van der Waals surface area contributed by atoms with Crippen molar-refractivity contribution in [3.8, 4) is 0 Å². The fourth-order valence-corrected chi connectivity index (χ4v) is 3.78. The lowest BCUT2D eigenvalue weighted by Gasteiger charge is -2.12. The average Bonchev–Trinajstić information content (AvgIpc) is 3.27. The van der Waals surface area contributed by atoms with Gasteiger partial charge in [0.05, 0.1) is 18.5 Å². The van der Waals surface area contributed by atoms with Crippen LogP contribution in [-0.2, 0) is 36.9 Å². The van der Waals surface area contributed by atoms with Crippen molar-refractivity contribution in [1.82, 2.24) is 9.88 Å². The molecule has 1 saturated heterocycles. The number of anilines is 1. The van der Waals surface area contributed by atoms with Crippen LogP contribution in [0.5, 0.6) is 0 Å². The first-order valence-corrected chi connectivity index (χ1v) is 10.5. The van der Waals surface area contributed by atoms with Crippen LogP contribution in [0, 0.1) is 13.8 Å². The maximum atomic E-state index is 12.3. The Kier molecular flexibility index (Phi) is 6.94. The molecule has 8 nitrogen and oxygen atoms in total. The van der Waals surface area contributed by atoms with E-state index in [-0.39, 0.29) is 56.6 Å². The van der Waals surface area contributed by atoms with Gasteiger partial charge < -0.3 is 10.1 Å². The molecule has 1 aromatic heterocycles. The van der Waals surface area contributed by atoms with Crippen LogP contribution in [0.2, 0.25) is 0 Å². The zero-order valence-electron chi connectivity index (χ0n) is 16.9. The Morgan fingerprint density at radius 1 is 1.20 bits per heavy atom. The normalized spacial score (nSPS) is 13.6. The van der Waals surface area contributed by atoms with E-state index in [1.54, 1.807) is 5.38 Å². The number of benzene rings is 1. The summed E-state index contributed by atoms with van der Waals surface area (Å²) < 4.78 is 5.16. The van der Waals surface area contributed by atoms with Gasteiger partial charge in [0, 0.05) is 30.5 Å². The van der Waals surface area contributed by atoms with Crippen molar-refractivity contribution in [3.63, 3.8) is 0 Å². The summed E-state index contributed by atoms with van der Waals surface area (Å²) in [6.45, 7) is 3.91. The summed E-state index contributed by atoms with van der Waals surface area (Å²) in [6, 6.07) is 5.86. The number of thiazole rings is 1. The van der Waals surface area contributed by atoms with E-state index in [0.29, 0.717) is 10.7 Å². The van der Waals surface area contributed by atoms with Gasteiger partial charge in [0.2, 0.25) is 17.7 Å². The number of esters is 1. The number of hydrogen-bond donors (Lipinski definition) is 1. The van der Waals surface area contributed by atoms with E-state index in [4.69, 9.17) is 4.74 Å². The minimum Gasteiger partial charge on any atom is -0.459 e. The molecular formula is C21H23N3O5S. The van der Waals surface area contributed by atoms with E-state index in [2.05, 4.69) is 10.3 Å². The molecule has 1 fully saturated rings. The van der Waals surface area contributed by atoms with E-state index in [9.17, 15) is 19.2 Å². The van der Waals surface area contributed by atoms with Crippen LogP contribution in [0.15, 0.2) is 23.6 Å². The topological polar surface area (TPSA) is 106 Å². The van der Waals surface area contributed by atoms with Gasteiger partial charge in [-0.2, -0.15) is 0 Å². The van der Waals surface area contributed by atoms with Gasteiger partial charge in [0.15, 0.2) is 0 Å². The minimum absolute atomic E-state index is 0.0180. The molecule has 0 atom stereocenters. The van der Waals surface area contributed by atoms with Crippen LogP contribution in [0.25, 0.3) is 0 Å². The molecule has 1 aliphatic rings. The highest BCUT2D eigenvalue weighted by molar-refractivity contribution is 7.09. The number of nitrogens with zero attached hydrogens (tertiary/aromatic N) is 2. The Morgan fingerprint density at radius 3 is 2.67 bits per heavy atom. The maximum absolute atomic E-state index is 12.3. The molecule has 2 heterocycles. The number of rotatable bonds is 8. The predicted molar refractivity (Wildman–Crippen MR) is 111 cm³/mol. The zero-order chi connectivity index (χ0) is 21.7. The highest BCUT2D eigenvalue weighted by atomic mass is 32.1. The molecule has 9 heteroatoms. The summed E-state index contributed by atoms with van der Waals surface area (Å²) in [5.74, 6) is -1.18. The Balaban J connectivity index is 1.43. The number of carbonyl (C=O) groups excluding carboxylic acids is 4. The highest BCUT2D eigenvalue weighted by Gasteiger charge is 2.29.